The Morgan fingerprint density at radius 2 is 1.35 bits per heavy atom. The van der Waals surface area contributed by atoms with E-state index in [1.165, 1.54) is 11.1 Å². The van der Waals surface area contributed by atoms with Crippen LogP contribution in [-0.4, -0.2) is 5.91 Å². The molecule has 0 aliphatic carbocycles. The van der Waals surface area contributed by atoms with Gasteiger partial charge in [-0.15, -0.1) is 11.3 Å². The van der Waals surface area contributed by atoms with Crippen molar-refractivity contribution in [2.75, 3.05) is 4.90 Å². The number of thiophene rings is 1. The lowest BCUT2D eigenvalue weighted by Crippen LogP contribution is -2.67. The third-order valence-electron chi connectivity index (χ3n) is 6.16. The van der Waals surface area contributed by atoms with Crippen molar-refractivity contribution < 1.29 is 4.79 Å². The minimum Gasteiger partial charge on any atom is -0.301 e. The molecule has 1 saturated heterocycles. The number of benzene rings is 3. The lowest BCUT2D eigenvalue weighted by Gasteiger charge is -2.56. The van der Waals surface area contributed by atoms with Crippen LogP contribution in [0.3, 0.4) is 0 Å². The molecule has 31 heavy (non-hydrogen) atoms. The molecular formula is C27H22ClNOS. The fourth-order valence-electron chi connectivity index (χ4n) is 4.57. The van der Waals surface area contributed by atoms with Crippen molar-refractivity contribution >= 4 is 34.5 Å². The molecule has 154 valence electrons. The van der Waals surface area contributed by atoms with E-state index in [1.807, 2.05) is 29.2 Å². The predicted molar refractivity (Wildman–Crippen MR) is 129 cm³/mol. The van der Waals surface area contributed by atoms with E-state index in [-0.39, 0.29) is 11.9 Å². The first kappa shape index (κ1) is 20.0. The summed E-state index contributed by atoms with van der Waals surface area (Å²) >= 11 is 7.81. The first-order valence-corrected chi connectivity index (χ1v) is 11.5. The summed E-state index contributed by atoms with van der Waals surface area (Å²) in [5, 5.41) is 2.74. The first-order chi connectivity index (χ1) is 15.0. The highest BCUT2D eigenvalue weighted by atomic mass is 35.5. The molecule has 0 saturated carbocycles. The number of amides is 1. The van der Waals surface area contributed by atoms with Crippen molar-refractivity contribution in [1.29, 1.82) is 0 Å². The number of anilines is 1. The van der Waals surface area contributed by atoms with Crippen LogP contribution in [0.2, 0.25) is 5.02 Å². The molecule has 0 radical (unpaired) electrons. The van der Waals surface area contributed by atoms with Crippen molar-refractivity contribution in [2.24, 2.45) is 0 Å². The number of nitrogens with zero attached hydrogens (tertiary/aromatic N) is 1. The minimum atomic E-state index is -0.772. The zero-order valence-electron chi connectivity index (χ0n) is 17.4. The third-order valence-corrected chi connectivity index (χ3v) is 7.33. The van der Waals surface area contributed by atoms with E-state index in [9.17, 15) is 4.79 Å². The van der Waals surface area contributed by atoms with Crippen molar-refractivity contribution in [3.8, 4) is 0 Å². The van der Waals surface area contributed by atoms with Crippen LogP contribution in [0.15, 0.2) is 90.3 Å². The van der Waals surface area contributed by atoms with Crippen molar-refractivity contribution in [3.05, 3.63) is 122 Å². The van der Waals surface area contributed by atoms with Gasteiger partial charge in [0.15, 0.2) is 0 Å². The molecule has 2 heterocycles. The third kappa shape index (κ3) is 3.12. The number of rotatable bonds is 4. The average molecular weight is 444 g/mol. The molecule has 1 aromatic heterocycles. The van der Waals surface area contributed by atoms with Gasteiger partial charge in [0.25, 0.3) is 0 Å². The zero-order valence-corrected chi connectivity index (χ0v) is 19.0. The van der Waals surface area contributed by atoms with Crippen LogP contribution in [0.1, 0.15) is 33.2 Å². The quantitative estimate of drug-likeness (QED) is 0.308. The Hall–Kier alpha value is -2.88. The van der Waals surface area contributed by atoms with E-state index in [0.29, 0.717) is 5.02 Å². The molecule has 0 N–H and O–H groups in total. The van der Waals surface area contributed by atoms with Crippen LogP contribution < -0.4 is 4.90 Å². The Bertz CT molecular complexity index is 1170. The summed E-state index contributed by atoms with van der Waals surface area (Å²) in [5.74, 6) is 0.0842. The smallest absolute Gasteiger partial charge is 0.245 e. The fourth-order valence-corrected chi connectivity index (χ4v) is 5.58. The Kier molecular flexibility index (Phi) is 4.96. The molecule has 3 aromatic carbocycles. The van der Waals surface area contributed by atoms with E-state index in [0.717, 1.165) is 21.7 Å². The highest BCUT2D eigenvalue weighted by Gasteiger charge is 2.64. The Morgan fingerprint density at radius 1 is 0.806 bits per heavy atom. The highest BCUT2D eigenvalue weighted by molar-refractivity contribution is 7.10. The Morgan fingerprint density at radius 3 is 1.84 bits per heavy atom. The maximum absolute atomic E-state index is 14.1. The summed E-state index contributed by atoms with van der Waals surface area (Å²) < 4.78 is 0. The van der Waals surface area contributed by atoms with Crippen LogP contribution in [0, 0.1) is 13.8 Å². The summed E-state index contributed by atoms with van der Waals surface area (Å²) in [7, 11) is 0. The average Bonchev–Trinajstić information content (AvgIpc) is 3.30. The molecule has 4 heteroatoms. The molecule has 4 aromatic rings. The van der Waals surface area contributed by atoms with Crippen molar-refractivity contribution in [1.82, 2.24) is 0 Å². The minimum absolute atomic E-state index is 0.0842. The van der Waals surface area contributed by atoms with Crippen LogP contribution >= 0.6 is 22.9 Å². The van der Waals surface area contributed by atoms with Crippen LogP contribution in [0.25, 0.3) is 0 Å². The van der Waals surface area contributed by atoms with Gasteiger partial charge in [-0.05, 0) is 60.7 Å². The van der Waals surface area contributed by atoms with Gasteiger partial charge in [0.2, 0.25) is 5.91 Å². The van der Waals surface area contributed by atoms with Crippen LogP contribution in [-0.2, 0) is 10.2 Å². The van der Waals surface area contributed by atoms with E-state index in [2.05, 4.69) is 79.9 Å². The molecule has 1 aliphatic rings. The first-order valence-electron chi connectivity index (χ1n) is 10.3. The standard InChI is InChI=1S/C27H22ClNOS/c1-18-5-9-20(10-6-18)27(21-11-7-19(2)8-12-21)25(24-4-3-17-31-24)29(26(27)30)23-15-13-22(28)14-16-23/h3-17,25H,1-2H3. The van der Waals surface area contributed by atoms with Crippen molar-refractivity contribution in [3.63, 3.8) is 0 Å². The monoisotopic (exact) mass is 443 g/mol. The summed E-state index contributed by atoms with van der Waals surface area (Å²) in [6.45, 7) is 4.14. The number of β-lactam (4-membered cyclic amide) rings is 1. The summed E-state index contributed by atoms with van der Waals surface area (Å²) in [6.07, 6.45) is 0. The number of aryl methyl sites for hydroxylation is 2. The molecule has 5 rings (SSSR count). The second kappa shape index (κ2) is 7.67. The van der Waals surface area contributed by atoms with Crippen LogP contribution in [0.5, 0.6) is 0 Å². The van der Waals surface area contributed by atoms with E-state index in [4.69, 9.17) is 11.6 Å². The predicted octanol–water partition coefficient (Wildman–Crippen LogP) is 7.09. The zero-order chi connectivity index (χ0) is 21.6. The van der Waals surface area contributed by atoms with Gasteiger partial charge in [-0.2, -0.15) is 0 Å². The second-order valence-electron chi connectivity index (χ2n) is 8.11. The molecule has 2 nitrogen and oxygen atoms in total. The molecule has 0 bridgehead atoms. The molecular weight excluding hydrogens is 422 g/mol. The van der Waals surface area contributed by atoms with Gasteiger partial charge in [-0.1, -0.05) is 77.3 Å². The topological polar surface area (TPSA) is 20.3 Å². The van der Waals surface area contributed by atoms with Gasteiger partial charge >= 0.3 is 0 Å². The number of carbonyl (C=O) groups excluding carboxylic acids is 1. The molecule has 1 unspecified atom stereocenters. The second-order valence-corrected chi connectivity index (χ2v) is 9.53. The van der Waals surface area contributed by atoms with Gasteiger partial charge in [-0.3, -0.25) is 4.79 Å². The highest BCUT2D eigenvalue weighted by Crippen LogP contribution is 2.58. The number of hydrogen-bond donors (Lipinski definition) is 0. The normalized spacial score (nSPS) is 17.5. The summed E-state index contributed by atoms with van der Waals surface area (Å²) in [6, 6.07) is 28.4. The van der Waals surface area contributed by atoms with Crippen LogP contribution in [0.4, 0.5) is 5.69 Å². The van der Waals surface area contributed by atoms with Gasteiger partial charge in [0.05, 0.1) is 6.04 Å². The lowest BCUT2D eigenvalue weighted by atomic mass is 9.61. The van der Waals surface area contributed by atoms with Crippen molar-refractivity contribution in [2.45, 2.75) is 25.3 Å². The molecule has 1 amide bonds. The molecule has 1 aliphatic heterocycles. The van der Waals surface area contributed by atoms with Gasteiger partial charge in [0.1, 0.15) is 5.41 Å². The van der Waals surface area contributed by atoms with E-state index >= 15 is 0 Å². The maximum Gasteiger partial charge on any atom is 0.245 e. The van der Waals surface area contributed by atoms with Gasteiger partial charge in [0, 0.05) is 15.6 Å². The van der Waals surface area contributed by atoms with Gasteiger partial charge < -0.3 is 4.90 Å². The van der Waals surface area contributed by atoms with Gasteiger partial charge in [-0.25, -0.2) is 0 Å². The SMILES string of the molecule is Cc1ccc(C2(c3ccc(C)cc3)C(=O)N(c3ccc(Cl)cc3)C2c2cccs2)cc1. The molecule has 0 spiro atoms. The van der Waals surface area contributed by atoms with E-state index in [1.54, 1.807) is 11.3 Å². The number of hydrogen-bond acceptors (Lipinski definition) is 2. The lowest BCUT2D eigenvalue weighted by molar-refractivity contribution is -0.131. The summed E-state index contributed by atoms with van der Waals surface area (Å²) in [4.78, 5) is 17.2. The molecule has 1 atom stereocenters. The largest absolute Gasteiger partial charge is 0.301 e. The molecule has 1 fully saturated rings. The number of halogens is 1. The summed E-state index contributed by atoms with van der Waals surface area (Å²) in [5.41, 5.74) is 4.49. The Labute approximate surface area is 191 Å². The Balaban J connectivity index is 1.76. The number of carbonyl (C=O) groups is 1. The maximum atomic E-state index is 14.1. The van der Waals surface area contributed by atoms with E-state index < -0.39 is 5.41 Å². The fraction of sp³-hybridized carbons (Fsp3) is 0.148.